The maximum atomic E-state index is 11.2. The molecule has 5 nitrogen and oxygen atoms in total. The molecule has 6 heteroatoms. The lowest BCUT2D eigenvalue weighted by atomic mass is 10.4. The topological polar surface area (TPSA) is 67.2 Å². The number of aliphatic hydroxyl groups excluding tert-OH is 1. The molecule has 0 aliphatic carbocycles. The molecule has 0 fully saturated rings. The maximum Gasteiger partial charge on any atom is 0.241 e. The van der Waals surface area contributed by atoms with E-state index >= 15 is 0 Å². The number of aliphatic hydroxyl groups is 1. The van der Waals surface area contributed by atoms with Crippen molar-refractivity contribution in [3.63, 3.8) is 0 Å². The number of rotatable bonds is 4. The second kappa shape index (κ2) is 5.11. The molecule has 0 atom stereocenters. The van der Waals surface area contributed by atoms with E-state index in [0.717, 1.165) is 10.2 Å². The quantitative estimate of drug-likeness (QED) is 0.806. The fraction of sp³-hybridized carbons (Fsp3) is 0.500. The van der Waals surface area contributed by atoms with E-state index in [1.807, 2.05) is 6.92 Å². The standard InChI is InChI=1S/C8H12BrN3O2/c1-6-7(9)4-11-12(6)5-8(14)10-2-3-13/h4,13H,2-3,5H2,1H3,(H,10,14). The number of hydrogen-bond acceptors (Lipinski definition) is 3. The van der Waals surface area contributed by atoms with Gasteiger partial charge in [-0.25, -0.2) is 0 Å². The molecular formula is C8H12BrN3O2. The summed E-state index contributed by atoms with van der Waals surface area (Å²) in [6.45, 7) is 2.28. The average Bonchev–Trinajstić information content (AvgIpc) is 2.46. The Morgan fingerprint density at radius 2 is 2.50 bits per heavy atom. The Kier molecular flexibility index (Phi) is 4.09. The van der Waals surface area contributed by atoms with E-state index in [2.05, 4.69) is 26.3 Å². The summed E-state index contributed by atoms with van der Waals surface area (Å²) in [4.78, 5) is 11.2. The van der Waals surface area contributed by atoms with Crippen molar-refractivity contribution in [1.82, 2.24) is 15.1 Å². The van der Waals surface area contributed by atoms with Crippen molar-refractivity contribution in [3.05, 3.63) is 16.4 Å². The largest absolute Gasteiger partial charge is 0.395 e. The van der Waals surface area contributed by atoms with Crippen molar-refractivity contribution in [3.8, 4) is 0 Å². The Labute approximate surface area is 90.2 Å². The predicted molar refractivity (Wildman–Crippen MR) is 54.8 cm³/mol. The second-order valence-corrected chi connectivity index (χ2v) is 3.66. The molecule has 1 aromatic heterocycles. The van der Waals surface area contributed by atoms with Gasteiger partial charge in [-0.3, -0.25) is 9.48 Å². The molecule has 1 amide bonds. The SMILES string of the molecule is Cc1c(Br)cnn1CC(=O)NCCO. The van der Waals surface area contributed by atoms with E-state index in [9.17, 15) is 4.79 Å². The molecule has 78 valence electrons. The molecule has 2 N–H and O–H groups in total. The third-order valence-corrected chi connectivity index (χ3v) is 2.55. The van der Waals surface area contributed by atoms with Crippen molar-refractivity contribution in [2.75, 3.05) is 13.2 Å². The number of hydrogen-bond donors (Lipinski definition) is 2. The third-order valence-electron chi connectivity index (χ3n) is 1.77. The number of nitrogens with zero attached hydrogens (tertiary/aromatic N) is 2. The van der Waals surface area contributed by atoms with Crippen LogP contribution in [0.2, 0.25) is 0 Å². The van der Waals surface area contributed by atoms with Gasteiger partial charge in [0.15, 0.2) is 0 Å². The average molecular weight is 262 g/mol. The zero-order valence-corrected chi connectivity index (χ0v) is 9.41. The molecule has 14 heavy (non-hydrogen) atoms. The van der Waals surface area contributed by atoms with Gasteiger partial charge in [0.2, 0.25) is 5.91 Å². The van der Waals surface area contributed by atoms with Crippen LogP contribution in [0.3, 0.4) is 0 Å². The zero-order valence-electron chi connectivity index (χ0n) is 7.83. The minimum Gasteiger partial charge on any atom is -0.395 e. The lowest BCUT2D eigenvalue weighted by Crippen LogP contribution is -2.30. The van der Waals surface area contributed by atoms with Gasteiger partial charge in [0.1, 0.15) is 6.54 Å². The summed E-state index contributed by atoms with van der Waals surface area (Å²) >= 11 is 3.30. The normalized spacial score (nSPS) is 10.2. The summed E-state index contributed by atoms with van der Waals surface area (Å²) < 4.78 is 2.48. The van der Waals surface area contributed by atoms with Crippen LogP contribution in [0.5, 0.6) is 0 Å². The maximum absolute atomic E-state index is 11.2. The first-order chi connectivity index (χ1) is 6.65. The minimum atomic E-state index is -0.155. The Morgan fingerprint density at radius 3 is 3.00 bits per heavy atom. The number of amides is 1. The second-order valence-electron chi connectivity index (χ2n) is 2.81. The van der Waals surface area contributed by atoms with Gasteiger partial charge in [-0.1, -0.05) is 0 Å². The summed E-state index contributed by atoms with van der Waals surface area (Å²) in [7, 11) is 0. The first kappa shape index (κ1) is 11.2. The van der Waals surface area contributed by atoms with Crippen molar-refractivity contribution in [1.29, 1.82) is 0 Å². The van der Waals surface area contributed by atoms with Crippen molar-refractivity contribution in [2.45, 2.75) is 13.5 Å². The van der Waals surface area contributed by atoms with Gasteiger partial charge < -0.3 is 10.4 Å². The fourth-order valence-corrected chi connectivity index (χ4v) is 1.27. The summed E-state index contributed by atoms with van der Waals surface area (Å²) in [5, 5.41) is 15.1. The highest BCUT2D eigenvalue weighted by Crippen LogP contribution is 2.13. The van der Waals surface area contributed by atoms with Crippen LogP contribution >= 0.6 is 15.9 Å². The Hall–Kier alpha value is -0.880. The van der Waals surface area contributed by atoms with Crippen LogP contribution in [0.1, 0.15) is 5.69 Å². The van der Waals surface area contributed by atoms with Crippen LogP contribution in [0.4, 0.5) is 0 Å². The van der Waals surface area contributed by atoms with E-state index in [0.29, 0.717) is 0 Å². The smallest absolute Gasteiger partial charge is 0.241 e. The summed E-state index contributed by atoms with van der Waals surface area (Å²) in [6, 6.07) is 0. The van der Waals surface area contributed by atoms with Gasteiger partial charge >= 0.3 is 0 Å². The Balaban J connectivity index is 2.52. The molecule has 0 spiro atoms. The summed E-state index contributed by atoms with van der Waals surface area (Å²) in [5.41, 5.74) is 0.907. The van der Waals surface area contributed by atoms with Crippen molar-refractivity contribution >= 4 is 21.8 Å². The van der Waals surface area contributed by atoms with Gasteiger partial charge in [0.25, 0.3) is 0 Å². The van der Waals surface area contributed by atoms with E-state index in [-0.39, 0.29) is 25.6 Å². The molecule has 0 bridgehead atoms. The van der Waals surface area contributed by atoms with Gasteiger partial charge in [-0.2, -0.15) is 5.10 Å². The van der Waals surface area contributed by atoms with E-state index in [1.165, 1.54) is 0 Å². The van der Waals surface area contributed by atoms with E-state index in [4.69, 9.17) is 5.11 Å². The molecule has 1 aromatic rings. The molecule has 0 aliphatic rings. The monoisotopic (exact) mass is 261 g/mol. The van der Waals surface area contributed by atoms with Crippen LogP contribution in [0.15, 0.2) is 10.7 Å². The molecular weight excluding hydrogens is 250 g/mol. The molecule has 1 heterocycles. The molecule has 0 aliphatic heterocycles. The third kappa shape index (κ3) is 2.81. The van der Waals surface area contributed by atoms with Gasteiger partial charge in [0.05, 0.1) is 23.0 Å². The van der Waals surface area contributed by atoms with Crippen LogP contribution in [-0.4, -0.2) is 33.9 Å². The van der Waals surface area contributed by atoms with Gasteiger partial charge in [0, 0.05) is 6.54 Å². The zero-order chi connectivity index (χ0) is 10.6. The lowest BCUT2D eigenvalue weighted by molar-refractivity contribution is -0.122. The predicted octanol–water partition coefficient (Wildman–Crippen LogP) is 0.0625. The molecule has 0 saturated carbocycles. The van der Waals surface area contributed by atoms with E-state index < -0.39 is 0 Å². The highest BCUT2D eigenvalue weighted by molar-refractivity contribution is 9.10. The Morgan fingerprint density at radius 1 is 1.79 bits per heavy atom. The number of carbonyl (C=O) groups excluding carboxylic acids is 1. The summed E-state index contributed by atoms with van der Waals surface area (Å²) in [5.74, 6) is -0.155. The number of carbonyl (C=O) groups is 1. The highest BCUT2D eigenvalue weighted by atomic mass is 79.9. The molecule has 0 saturated heterocycles. The molecule has 0 radical (unpaired) electrons. The van der Waals surface area contributed by atoms with Crippen molar-refractivity contribution < 1.29 is 9.90 Å². The van der Waals surface area contributed by atoms with Crippen LogP contribution in [-0.2, 0) is 11.3 Å². The minimum absolute atomic E-state index is 0.0481. The van der Waals surface area contributed by atoms with Crippen molar-refractivity contribution in [2.24, 2.45) is 0 Å². The molecule has 0 unspecified atom stereocenters. The van der Waals surface area contributed by atoms with E-state index in [1.54, 1.807) is 10.9 Å². The van der Waals surface area contributed by atoms with Crippen LogP contribution in [0.25, 0.3) is 0 Å². The molecule has 1 rings (SSSR count). The molecule has 0 aromatic carbocycles. The number of nitrogens with one attached hydrogen (secondary N) is 1. The fourth-order valence-electron chi connectivity index (χ4n) is 0.970. The first-order valence-electron chi connectivity index (χ1n) is 4.20. The number of aromatic nitrogens is 2. The van der Waals surface area contributed by atoms with Gasteiger partial charge in [-0.15, -0.1) is 0 Å². The van der Waals surface area contributed by atoms with Gasteiger partial charge in [-0.05, 0) is 22.9 Å². The first-order valence-corrected chi connectivity index (χ1v) is 5.00. The lowest BCUT2D eigenvalue weighted by Gasteiger charge is -2.04. The highest BCUT2D eigenvalue weighted by Gasteiger charge is 2.07. The number of halogens is 1. The Bertz CT molecular complexity index is 324. The summed E-state index contributed by atoms with van der Waals surface area (Å²) in [6.07, 6.45) is 1.65. The van der Waals surface area contributed by atoms with Crippen LogP contribution in [0, 0.1) is 6.92 Å². The van der Waals surface area contributed by atoms with Crippen LogP contribution < -0.4 is 5.32 Å².